The SMILES string of the molecule is O=C(O)CCc1cccc(Cc2nnoc2COc2ccc(OCCCCc3ccccc3)cc2)c1. The first-order chi connectivity index (χ1) is 17.7. The Hall–Kier alpha value is -4.13. The summed E-state index contributed by atoms with van der Waals surface area (Å²) in [6, 6.07) is 25.8. The molecule has 36 heavy (non-hydrogen) atoms. The maximum absolute atomic E-state index is 10.8. The van der Waals surface area contributed by atoms with Crippen LogP contribution in [0.5, 0.6) is 11.5 Å². The van der Waals surface area contributed by atoms with E-state index in [2.05, 4.69) is 34.6 Å². The summed E-state index contributed by atoms with van der Waals surface area (Å²) in [6.07, 6.45) is 4.27. The lowest BCUT2D eigenvalue weighted by molar-refractivity contribution is -0.136. The van der Waals surface area contributed by atoms with Gasteiger partial charge in [0.15, 0.2) is 12.4 Å². The Kier molecular flexibility index (Phi) is 9.08. The Labute approximate surface area is 210 Å². The van der Waals surface area contributed by atoms with Crippen molar-refractivity contribution in [3.63, 3.8) is 0 Å². The molecule has 0 bridgehead atoms. The topological polar surface area (TPSA) is 94.7 Å². The molecule has 7 nitrogen and oxygen atoms in total. The van der Waals surface area contributed by atoms with Crippen molar-refractivity contribution in [3.8, 4) is 11.5 Å². The van der Waals surface area contributed by atoms with Gasteiger partial charge in [-0.3, -0.25) is 4.79 Å². The summed E-state index contributed by atoms with van der Waals surface area (Å²) < 4.78 is 17.0. The van der Waals surface area contributed by atoms with Crippen molar-refractivity contribution in [1.29, 1.82) is 0 Å². The second-order valence-corrected chi connectivity index (χ2v) is 8.58. The maximum Gasteiger partial charge on any atom is 0.303 e. The number of unbranched alkanes of at least 4 members (excludes halogenated alkanes) is 1. The van der Waals surface area contributed by atoms with Crippen LogP contribution in [0.3, 0.4) is 0 Å². The number of benzene rings is 3. The minimum Gasteiger partial charge on any atom is -0.494 e. The van der Waals surface area contributed by atoms with Crippen LogP contribution in [0.4, 0.5) is 0 Å². The number of aromatic nitrogens is 2. The molecule has 0 saturated carbocycles. The number of nitrogens with zero attached hydrogens (tertiary/aromatic N) is 2. The normalized spacial score (nSPS) is 10.8. The second kappa shape index (κ2) is 13.1. The molecule has 0 aliphatic carbocycles. The lowest BCUT2D eigenvalue weighted by Crippen LogP contribution is -2.01. The fourth-order valence-corrected chi connectivity index (χ4v) is 3.86. The Bertz CT molecular complexity index is 1220. The molecule has 1 N–H and O–H groups in total. The van der Waals surface area contributed by atoms with E-state index in [0.29, 0.717) is 36.7 Å². The molecule has 186 valence electrons. The molecule has 4 aromatic rings. The van der Waals surface area contributed by atoms with Crippen molar-refractivity contribution in [1.82, 2.24) is 10.4 Å². The minimum atomic E-state index is -0.807. The van der Waals surface area contributed by atoms with Crippen molar-refractivity contribution in [2.75, 3.05) is 6.61 Å². The van der Waals surface area contributed by atoms with E-state index >= 15 is 0 Å². The summed E-state index contributed by atoms with van der Waals surface area (Å²) in [5.74, 6) is 1.26. The predicted octanol–water partition coefficient (Wildman–Crippen LogP) is 5.66. The van der Waals surface area contributed by atoms with Crippen LogP contribution in [-0.2, 0) is 30.7 Å². The standard InChI is InChI=1S/C29H30N2O5/c32-29(33)17-12-23-10-6-11-24(19-23)20-27-28(36-31-30-27)21-35-26-15-13-25(14-16-26)34-18-5-4-9-22-7-2-1-3-8-22/h1-3,6-8,10-11,13-16,19H,4-5,9,12,17-18,20-21H2,(H,32,33). The van der Waals surface area contributed by atoms with Crippen LogP contribution in [0.15, 0.2) is 83.4 Å². The smallest absolute Gasteiger partial charge is 0.303 e. The average molecular weight is 487 g/mol. The van der Waals surface area contributed by atoms with Crippen LogP contribution in [0, 0.1) is 0 Å². The highest BCUT2D eigenvalue weighted by Gasteiger charge is 2.13. The molecule has 0 saturated heterocycles. The molecule has 0 unspecified atom stereocenters. The molecule has 3 aromatic carbocycles. The Balaban J connectivity index is 1.21. The number of carboxylic acids is 1. The van der Waals surface area contributed by atoms with Gasteiger partial charge in [0.1, 0.15) is 17.2 Å². The van der Waals surface area contributed by atoms with Crippen LogP contribution >= 0.6 is 0 Å². The van der Waals surface area contributed by atoms with E-state index in [1.165, 1.54) is 5.56 Å². The van der Waals surface area contributed by atoms with E-state index in [1.54, 1.807) is 0 Å². The molecule has 0 aliphatic heterocycles. The summed E-state index contributed by atoms with van der Waals surface area (Å²) in [6.45, 7) is 0.887. The third kappa shape index (κ3) is 7.98. The lowest BCUT2D eigenvalue weighted by Gasteiger charge is -2.08. The largest absolute Gasteiger partial charge is 0.494 e. The summed E-state index contributed by atoms with van der Waals surface area (Å²) in [5.41, 5.74) is 4.04. The Morgan fingerprint density at radius 1 is 0.806 bits per heavy atom. The highest BCUT2D eigenvalue weighted by molar-refractivity contribution is 5.67. The number of carbonyl (C=O) groups is 1. The number of hydrogen-bond acceptors (Lipinski definition) is 6. The fraction of sp³-hybridized carbons (Fsp3) is 0.276. The number of ether oxygens (including phenoxy) is 2. The Morgan fingerprint density at radius 3 is 2.31 bits per heavy atom. The van der Waals surface area contributed by atoms with E-state index in [0.717, 1.165) is 36.1 Å². The second-order valence-electron chi connectivity index (χ2n) is 8.58. The minimum absolute atomic E-state index is 0.103. The van der Waals surface area contributed by atoms with Crippen LogP contribution < -0.4 is 9.47 Å². The molecular formula is C29H30N2O5. The highest BCUT2D eigenvalue weighted by Crippen LogP contribution is 2.21. The van der Waals surface area contributed by atoms with Gasteiger partial charge in [-0.1, -0.05) is 54.6 Å². The van der Waals surface area contributed by atoms with Gasteiger partial charge in [0, 0.05) is 18.1 Å². The van der Waals surface area contributed by atoms with Crippen LogP contribution in [0.2, 0.25) is 0 Å². The van der Waals surface area contributed by atoms with Crippen molar-refractivity contribution in [3.05, 3.63) is 107 Å². The molecule has 0 spiro atoms. The number of hydrogen-bond donors (Lipinski definition) is 1. The molecule has 4 rings (SSSR count). The maximum atomic E-state index is 10.8. The summed E-state index contributed by atoms with van der Waals surface area (Å²) in [7, 11) is 0. The first-order valence-electron chi connectivity index (χ1n) is 12.1. The first-order valence-corrected chi connectivity index (χ1v) is 12.1. The van der Waals surface area contributed by atoms with Crippen LogP contribution in [0.25, 0.3) is 0 Å². The van der Waals surface area contributed by atoms with Gasteiger partial charge < -0.3 is 19.1 Å². The van der Waals surface area contributed by atoms with Gasteiger partial charge >= 0.3 is 5.97 Å². The van der Waals surface area contributed by atoms with E-state index < -0.39 is 5.97 Å². The van der Waals surface area contributed by atoms with Gasteiger partial charge in [0.05, 0.1) is 6.61 Å². The monoisotopic (exact) mass is 486 g/mol. The Morgan fingerprint density at radius 2 is 1.53 bits per heavy atom. The quantitative estimate of drug-likeness (QED) is 0.230. The van der Waals surface area contributed by atoms with E-state index in [4.69, 9.17) is 19.1 Å². The molecule has 1 heterocycles. The van der Waals surface area contributed by atoms with Crippen LogP contribution in [-0.4, -0.2) is 28.1 Å². The number of aliphatic carboxylic acids is 1. The average Bonchev–Trinajstić information content (AvgIpc) is 3.34. The third-order valence-electron chi connectivity index (χ3n) is 5.79. The van der Waals surface area contributed by atoms with Gasteiger partial charge in [-0.05, 0) is 66.6 Å². The predicted molar refractivity (Wildman–Crippen MR) is 135 cm³/mol. The third-order valence-corrected chi connectivity index (χ3v) is 5.79. The zero-order valence-corrected chi connectivity index (χ0v) is 20.1. The van der Waals surface area contributed by atoms with Gasteiger partial charge in [0.25, 0.3) is 0 Å². The zero-order chi connectivity index (χ0) is 25.0. The summed E-state index contributed by atoms with van der Waals surface area (Å²) in [4.78, 5) is 10.8. The number of rotatable bonds is 14. The highest BCUT2D eigenvalue weighted by atomic mass is 16.5. The van der Waals surface area contributed by atoms with Gasteiger partial charge in [0.2, 0.25) is 0 Å². The number of carboxylic acid groups (broad SMARTS) is 1. The van der Waals surface area contributed by atoms with Gasteiger partial charge in [-0.25, -0.2) is 0 Å². The summed E-state index contributed by atoms with van der Waals surface area (Å²) >= 11 is 0. The molecule has 0 fully saturated rings. The number of aryl methyl sites for hydroxylation is 2. The van der Waals surface area contributed by atoms with Crippen molar-refractivity contribution in [2.24, 2.45) is 0 Å². The molecule has 1 aromatic heterocycles. The molecule has 0 aliphatic rings. The van der Waals surface area contributed by atoms with Crippen molar-refractivity contribution >= 4 is 5.97 Å². The van der Waals surface area contributed by atoms with E-state index in [-0.39, 0.29) is 13.0 Å². The molecular weight excluding hydrogens is 456 g/mol. The molecule has 0 amide bonds. The van der Waals surface area contributed by atoms with Crippen LogP contribution in [0.1, 0.15) is 47.4 Å². The van der Waals surface area contributed by atoms with Gasteiger partial charge in [-0.2, -0.15) is 0 Å². The fourth-order valence-electron chi connectivity index (χ4n) is 3.86. The van der Waals surface area contributed by atoms with E-state index in [9.17, 15) is 4.79 Å². The lowest BCUT2D eigenvalue weighted by atomic mass is 10.0. The van der Waals surface area contributed by atoms with E-state index in [1.807, 2.05) is 54.6 Å². The first kappa shape index (κ1) is 25.0. The zero-order valence-electron chi connectivity index (χ0n) is 20.1. The molecule has 0 atom stereocenters. The summed E-state index contributed by atoms with van der Waals surface area (Å²) in [5, 5.41) is 16.7. The van der Waals surface area contributed by atoms with Gasteiger partial charge in [-0.15, -0.1) is 5.10 Å². The molecule has 0 radical (unpaired) electrons. The van der Waals surface area contributed by atoms with Crippen molar-refractivity contribution < 1.29 is 23.9 Å². The molecule has 7 heteroatoms. The van der Waals surface area contributed by atoms with Crippen molar-refractivity contribution in [2.45, 2.75) is 45.1 Å².